The van der Waals surface area contributed by atoms with Crippen LogP contribution in [0.2, 0.25) is 0 Å². The largest absolute Gasteiger partial charge is 0.354 e. The number of nitrogens with one attached hydrogen (secondary N) is 1. The molecule has 0 saturated heterocycles. The molecule has 0 bridgehead atoms. The van der Waals surface area contributed by atoms with Crippen LogP contribution in [0.5, 0.6) is 0 Å². The van der Waals surface area contributed by atoms with Gasteiger partial charge in [-0.2, -0.15) is 0 Å². The molecular formula is C16H26N2O3S. The monoisotopic (exact) mass is 326 g/mol. The first-order valence-corrected chi connectivity index (χ1v) is 9.42. The van der Waals surface area contributed by atoms with Gasteiger partial charge in [-0.05, 0) is 43.5 Å². The van der Waals surface area contributed by atoms with E-state index in [0.29, 0.717) is 18.7 Å². The zero-order chi connectivity index (χ0) is 16.8. The van der Waals surface area contributed by atoms with Gasteiger partial charge in [0.05, 0.1) is 18.5 Å². The summed E-state index contributed by atoms with van der Waals surface area (Å²) in [6.07, 6.45) is 3.48. The molecule has 1 aromatic rings. The SMILES string of the molecule is CCCCC(=O)NCCN(c1ccc(C)c(C)c1)S(C)(=O)=O. The molecule has 0 saturated carbocycles. The lowest BCUT2D eigenvalue weighted by molar-refractivity contribution is -0.121. The van der Waals surface area contributed by atoms with Gasteiger partial charge in [-0.15, -0.1) is 0 Å². The average molecular weight is 326 g/mol. The molecule has 1 amide bonds. The Labute approximate surface area is 133 Å². The third-order valence-corrected chi connectivity index (χ3v) is 4.77. The van der Waals surface area contributed by atoms with Gasteiger partial charge in [0.25, 0.3) is 0 Å². The number of aryl methyl sites for hydroxylation is 2. The number of carbonyl (C=O) groups excluding carboxylic acids is 1. The van der Waals surface area contributed by atoms with Crippen LogP contribution in [0.1, 0.15) is 37.3 Å². The molecule has 0 fully saturated rings. The van der Waals surface area contributed by atoms with Gasteiger partial charge < -0.3 is 5.32 Å². The number of nitrogens with zero attached hydrogens (tertiary/aromatic N) is 1. The van der Waals surface area contributed by atoms with E-state index in [2.05, 4.69) is 5.32 Å². The fourth-order valence-electron chi connectivity index (χ4n) is 2.09. The van der Waals surface area contributed by atoms with Crippen LogP contribution in [-0.4, -0.2) is 33.7 Å². The second-order valence-electron chi connectivity index (χ2n) is 5.56. The molecule has 0 aliphatic carbocycles. The van der Waals surface area contributed by atoms with Crippen molar-refractivity contribution >= 4 is 21.6 Å². The minimum atomic E-state index is -3.38. The summed E-state index contributed by atoms with van der Waals surface area (Å²) in [6.45, 7) is 6.50. The number of hydrogen-bond donors (Lipinski definition) is 1. The van der Waals surface area contributed by atoms with Crippen LogP contribution in [0.3, 0.4) is 0 Å². The predicted molar refractivity (Wildman–Crippen MR) is 90.6 cm³/mol. The summed E-state index contributed by atoms with van der Waals surface area (Å²) >= 11 is 0. The van der Waals surface area contributed by atoms with Crippen LogP contribution in [0.25, 0.3) is 0 Å². The standard InChI is InChI=1S/C16H26N2O3S/c1-5-6-7-16(19)17-10-11-18(22(4,20)21)15-9-8-13(2)14(3)12-15/h8-9,12H,5-7,10-11H2,1-4H3,(H,17,19). The zero-order valence-corrected chi connectivity index (χ0v) is 14.7. The van der Waals surface area contributed by atoms with E-state index >= 15 is 0 Å². The number of amides is 1. The number of sulfonamides is 1. The van der Waals surface area contributed by atoms with Crippen LogP contribution in [0.15, 0.2) is 18.2 Å². The lowest BCUT2D eigenvalue weighted by Crippen LogP contribution is -2.38. The molecule has 6 heteroatoms. The minimum absolute atomic E-state index is 0.0320. The summed E-state index contributed by atoms with van der Waals surface area (Å²) in [5.41, 5.74) is 2.79. The normalized spacial score (nSPS) is 11.3. The lowest BCUT2D eigenvalue weighted by atomic mass is 10.1. The second kappa shape index (κ2) is 8.17. The first kappa shape index (κ1) is 18.5. The maximum atomic E-state index is 12.0. The van der Waals surface area contributed by atoms with Crippen molar-refractivity contribution in [3.8, 4) is 0 Å². The van der Waals surface area contributed by atoms with Crippen LogP contribution < -0.4 is 9.62 Å². The Hall–Kier alpha value is -1.56. The van der Waals surface area contributed by atoms with Crippen molar-refractivity contribution in [2.75, 3.05) is 23.7 Å². The smallest absolute Gasteiger partial charge is 0.232 e. The van der Waals surface area contributed by atoms with Crippen molar-refractivity contribution in [2.45, 2.75) is 40.0 Å². The molecule has 5 nitrogen and oxygen atoms in total. The third kappa shape index (κ3) is 5.67. The number of anilines is 1. The number of carbonyl (C=O) groups is 1. The Morgan fingerprint density at radius 2 is 1.91 bits per heavy atom. The topological polar surface area (TPSA) is 66.5 Å². The molecule has 1 rings (SSSR count). The van der Waals surface area contributed by atoms with Crippen molar-refractivity contribution in [2.24, 2.45) is 0 Å². The number of benzene rings is 1. The van der Waals surface area contributed by atoms with E-state index < -0.39 is 10.0 Å². The Morgan fingerprint density at radius 1 is 1.23 bits per heavy atom. The second-order valence-corrected chi connectivity index (χ2v) is 7.46. The fourth-order valence-corrected chi connectivity index (χ4v) is 3.01. The van der Waals surface area contributed by atoms with Gasteiger partial charge >= 0.3 is 0 Å². The summed E-state index contributed by atoms with van der Waals surface area (Å²) in [6, 6.07) is 5.56. The summed E-state index contributed by atoms with van der Waals surface area (Å²) in [5, 5.41) is 2.77. The molecule has 0 atom stereocenters. The van der Waals surface area contributed by atoms with Gasteiger partial charge in [0, 0.05) is 13.0 Å². The molecule has 0 aromatic heterocycles. The molecule has 0 heterocycles. The summed E-state index contributed by atoms with van der Waals surface area (Å²) in [5.74, 6) is -0.0320. The van der Waals surface area contributed by atoms with Gasteiger partial charge in [0.15, 0.2) is 0 Å². The minimum Gasteiger partial charge on any atom is -0.354 e. The summed E-state index contributed by atoms with van der Waals surface area (Å²) in [7, 11) is -3.38. The highest BCUT2D eigenvalue weighted by Gasteiger charge is 2.17. The highest BCUT2D eigenvalue weighted by molar-refractivity contribution is 7.92. The summed E-state index contributed by atoms with van der Waals surface area (Å²) < 4.78 is 25.3. The van der Waals surface area contributed by atoms with Crippen LogP contribution >= 0.6 is 0 Å². The van der Waals surface area contributed by atoms with Gasteiger partial charge in [-0.1, -0.05) is 19.4 Å². The highest BCUT2D eigenvalue weighted by atomic mass is 32.2. The first-order valence-electron chi connectivity index (χ1n) is 7.57. The van der Waals surface area contributed by atoms with Gasteiger partial charge in [0.1, 0.15) is 0 Å². The molecule has 124 valence electrons. The van der Waals surface area contributed by atoms with Gasteiger partial charge in [-0.3, -0.25) is 9.10 Å². The van der Waals surface area contributed by atoms with Crippen molar-refractivity contribution in [1.29, 1.82) is 0 Å². The maximum absolute atomic E-state index is 12.0. The van der Waals surface area contributed by atoms with E-state index in [4.69, 9.17) is 0 Å². The van der Waals surface area contributed by atoms with Gasteiger partial charge in [-0.25, -0.2) is 8.42 Å². The third-order valence-electron chi connectivity index (χ3n) is 3.57. The molecule has 22 heavy (non-hydrogen) atoms. The van der Waals surface area contributed by atoms with E-state index in [9.17, 15) is 13.2 Å². The number of hydrogen-bond acceptors (Lipinski definition) is 3. The molecule has 0 spiro atoms. The Bertz CT molecular complexity index is 612. The summed E-state index contributed by atoms with van der Waals surface area (Å²) in [4.78, 5) is 11.6. The predicted octanol–water partition coefficient (Wildman–Crippen LogP) is 2.38. The first-order chi connectivity index (χ1) is 10.3. The van der Waals surface area contributed by atoms with Crippen LogP contribution in [0, 0.1) is 13.8 Å². The Kier molecular flexibility index (Phi) is 6.87. The number of rotatable bonds is 8. The molecule has 1 aromatic carbocycles. The van der Waals surface area contributed by atoms with Crippen molar-refractivity contribution in [3.63, 3.8) is 0 Å². The Balaban J connectivity index is 2.75. The van der Waals surface area contributed by atoms with Crippen molar-refractivity contribution in [3.05, 3.63) is 29.3 Å². The van der Waals surface area contributed by atoms with E-state index in [0.717, 1.165) is 24.0 Å². The van der Waals surface area contributed by atoms with E-state index in [1.165, 1.54) is 10.6 Å². The van der Waals surface area contributed by atoms with Gasteiger partial charge in [0.2, 0.25) is 15.9 Å². The molecule has 0 aliphatic rings. The average Bonchev–Trinajstić information content (AvgIpc) is 2.43. The zero-order valence-electron chi connectivity index (χ0n) is 13.8. The molecular weight excluding hydrogens is 300 g/mol. The lowest BCUT2D eigenvalue weighted by Gasteiger charge is -2.23. The quantitative estimate of drug-likeness (QED) is 0.797. The Morgan fingerprint density at radius 3 is 2.45 bits per heavy atom. The van der Waals surface area contributed by atoms with Crippen molar-refractivity contribution < 1.29 is 13.2 Å². The van der Waals surface area contributed by atoms with Crippen LogP contribution in [-0.2, 0) is 14.8 Å². The molecule has 0 aliphatic heterocycles. The van der Waals surface area contributed by atoms with Crippen LogP contribution in [0.4, 0.5) is 5.69 Å². The maximum Gasteiger partial charge on any atom is 0.232 e. The van der Waals surface area contributed by atoms with E-state index in [1.54, 1.807) is 6.07 Å². The molecule has 1 N–H and O–H groups in total. The van der Waals surface area contributed by atoms with E-state index in [-0.39, 0.29) is 12.5 Å². The highest BCUT2D eigenvalue weighted by Crippen LogP contribution is 2.20. The number of unbranched alkanes of at least 4 members (excludes halogenated alkanes) is 1. The molecule has 0 unspecified atom stereocenters. The molecule has 0 radical (unpaired) electrons. The van der Waals surface area contributed by atoms with Crippen molar-refractivity contribution in [1.82, 2.24) is 5.32 Å². The fraction of sp³-hybridized carbons (Fsp3) is 0.562. The van der Waals surface area contributed by atoms with E-state index in [1.807, 2.05) is 32.9 Å².